The summed E-state index contributed by atoms with van der Waals surface area (Å²) in [5.74, 6) is 1.64. The maximum absolute atomic E-state index is 5.16. The molecular weight excluding hydrogens is 226 g/mol. The van der Waals surface area contributed by atoms with Gasteiger partial charge in [-0.15, -0.1) is 0 Å². The van der Waals surface area contributed by atoms with E-state index in [1.165, 1.54) is 5.56 Å². The lowest BCUT2D eigenvalue weighted by Gasteiger charge is -2.25. The molecule has 18 heavy (non-hydrogen) atoms. The van der Waals surface area contributed by atoms with Crippen LogP contribution in [-0.4, -0.2) is 38.8 Å². The lowest BCUT2D eigenvalue weighted by molar-refractivity contribution is 0.204. The number of ether oxygens (including phenoxy) is 1. The van der Waals surface area contributed by atoms with Gasteiger partial charge in [-0.1, -0.05) is 19.9 Å². The van der Waals surface area contributed by atoms with Crippen molar-refractivity contribution in [1.82, 2.24) is 10.3 Å². The quantitative estimate of drug-likeness (QED) is 0.766. The van der Waals surface area contributed by atoms with Crippen LogP contribution in [0.5, 0.6) is 0 Å². The number of aromatic nitrogens is 1. The minimum atomic E-state index is 0.612. The highest BCUT2D eigenvalue weighted by molar-refractivity contribution is 5.39. The van der Waals surface area contributed by atoms with Gasteiger partial charge in [0.1, 0.15) is 5.82 Å². The molecule has 0 bridgehead atoms. The highest BCUT2D eigenvalue weighted by Gasteiger charge is 2.09. The fourth-order valence-electron chi connectivity index (χ4n) is 1.85. The first kappa shape index (κ1) is 14.9. The standard InChI is InChI=1S/C14H25N3O/c1-12(2)11-17(7-8-18-4)14-6-5-13(9-15-3)10-16-14/h5-6,10,12,15H,7-9,11H2,1-4H3. The van der Waals surface area contributed by atoms with E-state index in [4.69, 9.17) is 4.74 Å². The molecule has 0 aliphatic carbocycles. The van der Waals surface area contributed by atoms with Crippen LogP contribution in [0.25, 0.3) is 0 Å². The van der Waals surface area contributed by atoms with Crippen LogP contribution in [-0.2, 0) is 11.3 Å². The Hall–Kier alpha value is -1.13. The Balaban J connectivity index is 2.70. The molecular formula is C14H25N3O. The van der Waals surface area contributed by atoms with E-state index in [9.17, 15) is 0 Å². The van der Waals surface area contributed by atoms with Gasteiger partial charge in [0.15, 0.2) is 0 Å². The fourth-order valence-corrected chi connectivity index (χ4v) is 1.85. The van der Waals surface area contributed by atoms with Crippen molar-refractivity contribution < 1.29 is 4.74 Å². The normalized spacial score (nSPS) is 10.9. The first-order chi connectivity index (χ1) is 8.67. The average molecular weight is 251 g/mol. The maximum Gasteiger partial charge on any atom is 0.128 e. The van der Waals surface area contributed by atoms with E-state index in [2.05, 4.69) is 41.2 Å². The highest BCUT2D eigenvalue weighted by Crippen LogP contribution is 2.13. The van der Waals surface area contributed by atoms with Crippen molar-refractivity contribution >= 4 is 5.82 Å². The third-order valence-corrected chi connectivity index (χ3v) is 2.66. The molecule has 1 heterocycles. The molecule has 102 valence electrons. The van der Waals surface area contributed by atoms with Crippen LogP contribution in [0.3, 0.4) is 0 Å². The molecule has 0 saturated heterocycles. The predicted octanol–water partition coefficient (Wildman–Crippen LogP) is 1.91. The van der Waals surface area contributed by atoms with Gasteiger partial charge in [-0.3, -0.25) is 0 Å². The van der Waals surface area contributed by atoms with E-state index >= 15 is 0 Å². The monoisotopic (exact) mass is 251 g/mol. The summed E-state index contributed by atoms with van der Waals surface area (Å²) in [4.78, 5) is 6.81. The van der Waals surface area contributed by atoms with Crippen LogP contribution in [0.15, 0.2) is 18.3 Å². The lowest BCUT2D eigenvalue weighted by Crippen LogP contribution is -2.31. The van der Waals surface area contributed by atoms with Crippen LogP contribution in [0.1, 0.15) is 19.4 Å². The molecule has 4 heteroatoms. The van der Waals surface area contributed by atoms with Crippen molar-refractivity contribution in [1.29, 1.82) is 0 Å². The number of methoxy groups -OCH3 is 1. The van der Waals surface area contributed by atoms with E-state index in [1.807, 2.05) is 13.2 Å². The lowest BCUT2D eigenvalue weighted by atomic mass is 10.2. The van der Waals surface area contributed by atoms with Gasteiger partial charge in [-0.25, -0.2) is 4.98 Å². The van der Waals surface area contributed by atoms with Gasteiger partial charge >= 0.3 is 0 Å². The first-order valence-corrected chi connectivity index (χ1v) is 6.50. The number of anilines is 1. The molecule has 0 fully saturated rings. The second-order valence-electron chi connectivity index (χ2n) is 4.89. The van der Waals surface area contributed by atoms with Crippen molar-refractivity contribution in [3.8, 4) is 0 Å². The minimum Gasteiger partial charge on any atom is -0.383 e. The van der Waals surface area contributed by atoms with Crippen LogP contribution < -0.4 is 10.2 Å². The van der Waals surface area contributed by atoms with Gasteiger partial charge in [0.2, 0.25) is 0 Å². The van der Waals surface area contributed by atoms with Gasteiger partial charge in [0.05, 0.1) is 6.61 Å². The number of rotatable bonds is 8. The Morgan fingerprint density at radius 3 is 2.67 bits per heavy atom. The molecule has 0 atom stereocenters. The Labute approximate surface area is 110 Å². The molecule has 0 amide bonds. The van der Waals surface area contributed by atoms with Crippen molar-refractivity contribution in [3.05, 3.63) is 23.9 Å². The number of hydrogen-bond donors (Lipinski definition) is 1. The second kappa shape index (κ2) is 8.06. The molecule has 1 aromatic heterocycles. The van der Waals surface area contributed by atoms with Gasteiger partial charge in [0.25, 0.3) is 0 Å². The summed E-state index contributed by atoms with van der Waals surface area (Å²) in [7, 11) is 3.68. The molecule has 0 aromatic carbocycles. The molecule has 0 saturated carbocycles. The summed E-state index contributed by atoms with van der Waals surface area (Å²) in [5, 5.41) is 3.13. The molecule has 1 rings (SSSR count). The first-order valence-electron chi connectivity index (χ1n) is 6.50. The largest absolute Gasteiger partial charge is 0.383 e. The number of pyridine rings is 1. The zero-order valence-corrected chi connectivity index (χ0v) is 11.9. The van der Waals surface area contributed by atoms with Crippen LogP contribution in [0, 0.1) is 5.92 Å². The topological polar surface area (TPSA) is 37.4 Å². The number of nitrogens with zero attached hydrogens (tertiary/aromatic N) is 2. The van der Waals surface area contributed by atoms with Gasteiger partial charge in [0, 0.05) is 32.9 Å². The summed E-state index contributed by atoms with van der Waals surface area (Å²) < 4.78 is 5.16. The molecule has 0 unspecified atom stereocenters. The Bertz CT molecular complexity index is 324. The van der Waals surface area contributed by atoms with E-state index in [-0.39, 0.29) is 0 Å². The second-order valence-corrected chi connectivity index (χ2v) is 4.89. The molecule has 1 aromatic rings. The molecule has 1 N–H and O–H groups in total. The van der Waals surface area contributed by atoms with Gasteiger partial charge in [-0.05, 0) is 24.6 Å². The molecule has 0 aliphatic heterocycles. The van der Waals surface area contributed by atoms with Crippen LogP contribution in [0.4, 0.5) is 5.82 Å². The summed E-state index contributed by atoms with van der Waals surface area (Å²) in [6, 6.07) is 4.21. The number of hydrogen-bond acceptors (Lipinski definition) is 4. The zero-order chi connectivity index (χ0) is 13.4. The third-order valence-electron chi connectivity index (χ3n) is 2.66. The van der Waals surface area contributed by atoms with E-state index < -0.39 is 0 Å². The van der Waals surface area contributed by atoms with Crippen molar-refractivity contribution in [2.75, 3.05) is 38.8 Å². The summed E-state index contributed by atoms with van der Waals surface area (Å²) in [5.41, 5.74) is 1.21. The zero-order valence-electron chi connectivity index (χ0n) is 11.9. The van der Waals surface area contributed by atoms with Crippen molar-refractivity contribution in [2.24, 2.45) is 5.92 Å². The van der Waals surface area contributed by atoms with E-state index in [0.717, 1.165) is 32.1 Å². The van der Waals surface area contributed by atoms with Gasteiger partial charge in [-0.2, -0.15) is 0 Å². The van der Waals surface area contributed by atoms with Gasteiger partial charge < -0.3 is 15.0 Å². The predicted molar refractivity (Wildman–Crippen MR) is 75.9 cm³/mol. The minimum absolute atomic E-state index is 0.612. The van der Waals surface area contributed by atoms with Crippen LogP contribution in [0.2, 0.25) is 0 Å². The summed E-state index contributed by atoms with van der Waals surface area (Å²) in [6.07, 6.45) is 1.94. The molecule has 0 radical (unpaired) electrons. The highest BCUT2D eigenvalue weighted by atomic mass is 16.5. The van der Waals surface area contributed by atoms with E-state index in [0.29, 0.717) is 5.92 Å². The Morgan fingerprint density at radius 2 is 2.17 bits per heavy atom. The maximum atomic E-state index is 5.16. The van der Waals surface area contributed by atoms with Crippen molar-refractivity contribution in [3.63, 3.8) is 0 Å². The average Bonchev–Trinajstić information content (AvgIpc) is 2.35. The molecule has 4 nitrogen and oxygen atoms in total. The molecule has 0 spiro atoms. The molecule has 0 aliphatic rings. The Kier molecular flexibility index (Phi) is 6.68. The summed E-state index contributed by atoms with van der Waals surface area (Å²) in [6.45, 7) is 7.90. The van der Waals surface area contributed by atoms with Crippen molar-refractivity contribution in [2.45, 2.75) is 20.4 Å². The Morgan fingerprint density at radius 1 is 1.39 bits per heavy atom. The number of nitrogens with one attached hydrogen (secondary N) is 1. The fraction of sp³-hybridized carbons (Fsp3) is 0.643. The smallest absolute Gasteiger partial charge is 0.128 e. The van der Waals surface area contributed by atoms with Crippen LogP contribution >= 0.6 is 0 Å². The summed E-state index contributed by atoms with van der Waals surface area (Å²) >= 11 is 0. The van der Waals surface area contributed by atoms with E-state index in [1.54, 1.807) is 7.11 Å². The SMILES string of the molecule is CNCc1ccc(N(CCOC)CC(C)C)nc1. The third kappa shape index (κ3) is 5.02.